The van der Waals surface area contributed by atoms with E-state index in [1.807, 2.05) is 7.05 Å². The van der Waals surface area contributed by atoms with Gasteiger partial charge in [-0.2, -0.15) is 0 Å². The van der Waals surface area contributed by atoms with E-state index in [0.717, 1.165) is 18.4 Å². The van der Waals surface area contributed by atoms with Gasteiger partial charge in [-0.05, 0) is 43.1 Å². The minimum atomic E-state index is -0.222. The zero-order valence-corrected chi connectivity index (χ0v) is 12.2. The normalized spacial score (nSPS) is 14.5. The van der Waals surface area contributed by atoms with Gasteiger partial charge in [0, 0.05) is 11.1 Å². The van der Waals surface area contributed by atoms with Gasteiger partial charge in [0.1, 0.15) is 5.82 Å². The predicted octanol–water partition coefficient (Wildman–Crippen LogP) is 4.96. The van der Waals surface area contributed by atoms with E-state index < -0.39 is 0 Å². The van der Waals surface area contributed by atoms with E-state index in [9.17, 15) is 4.39 Å². The Morgan fingerprint density at radius 3 is 2.61 bits per heavy atom. The van der Waals surface area contributed by atoms with E-state index >= 15 is 0 Å². The fraction of sp³-hybridized carbons (Fsp3) is 0.600. The number of hydrogen-bond acceptors (Lipinski definition) is 1. The summed E-state index contributed by atoms with van der Waals surface area (Å²) in [5.74, 6) is 0.272. The van der Waals surface area contributed by atoms with Gasteiger partial charge in [-0.15, -0.1) is 0 Å². The Kier molecular flexibility index (Phi) is 6.66. The molecule has 1 aromatic rings. The third-order valence-corrected chi connectivity index (χ3v) is 3.87. The first-order valence-corrected chi connectivity index (χ1v) is 7.14. The molecule has 2 unspecified atom stereocenters. The summed E-state index contributed by atoms with van der Waals surface area (Å²) in [5, 5.41) is 3.94. The second-order valence-electron chi connectivity index (χ2n) is 4.74. The highest BCUT2D eigenvalue weighted by atomic mass is 35.5. The van der Waals surface area contributed by atoms with Crippen LogP contribution in [0.15, 0.2) is 18.2 Å². The molecule has 0 heterocycles. The molecule has 0 amide bonds. The maximum Gasteiger partial charge on any atom is 0.123 e. The SMILES string of the molecule is CCCCC(CC)C(NC)c1cc(F)ccc1Cl. The molecule has 2 atom stereocenters. The summed E-state index contributed by atoms with van der Waals surface area (Å²) in [6.07, 6.45) is 4.59. The Bertz CT molecular complexity index is 368. The van der Waals surface area contributed by atoms with Gasteiger partial charge in [0.25, 0.3) is 0 Å². The standard InChI is InChI=1S/C15H23ClFN/c1-4-6-7-11(5-2)15(18-3)13-10-12(17)8-9-14(13)16/h8-11,15,18H,4-7H2,1-3H3. The quantitative estimate of drug-likeness (QED) is 0.739. The van der Waals surface area contributed by atoms with E-state index in [1.54, 1.807) is 12.1 Å². The topological polar surface area (TPSA) is 12.0 Å². The van der Waals surface area contributed by atoms with Crippen LogP contribution in [0, 0.1) is 11.7 Å². The van der Waals surface area contributed by atoms with Crippen molar-refractivity contribution in [3.63, 3.8) is 0 Å². The predicted molar refractivity (Wildman–Crippen MR) is 76.5 cm³/mol. The van der Waals surface area contributed by atoms with Crippen molar-refractivity contribution in [3.05, 3.63) is 34.6 Å². The van der Waals surface area contributed by atoms with E-state index in [4.69, 9.17) is 11.6 Å². The van der Waals surface area contributed by atoms with Gasteiger partial charge < -0.3 is 5.32 Å². The maximum atomic E-state index is 13.4. The molecule has 18 heavy (non-hydrogen) atoms. The average Bonchev–Trinajstić information content (AvgIpc) is 2.38. The largest absolute Gasteiger partial charge is 0.313 e. The van der Waals surface area contributed by atoms with E-state index in [-0.39, 0.29) is 11.9 Å². The first-order valence-electron chi connectivity index (χ1n) is 6.76. The van der Waals surface area contributed by atoms with Gasteiger partial charge in [0.05, 0.1) is 0 Å². The molecule has 0 aliphatic carbocycles. The lowest BCUT2D eigenvalue weighted by atomic mass is 9.87. The molecule has 0 spiro atoms. The molecule has 102 valence electrons. The molecule has 1 N–H and O–H groups in total. The van der Waals surface area contributed by atoms with Gasteiger partial charge in [-0.25, -0.2) is 4.39 Å². The lowest BCUT2D eigenvalue weighted by molar-refractivity contribution is 0.338. The molecule has 0 saturated heterocycles. The van der Waals surface area contributed by atoms with Crippen molar-refractivity contribution in [2.75, 3.05) is 7.05 Å². The van der Waals surface area contributed by atoms with Crippen LogP contribution in [0.25, 0.3) is 0 Å². The molecule has 0 aliphatic heterocycles. The molecule has 1 rings (SSSR count). The Morgan fingerprint density at radius 1 is 1.33 bits per heavy atom. The van der Waals surface area contributed by atoms with Crippen LogP contribution >= 0.6 is 11.6 Å². The summed E-state index contributed by atoms with van der Waals surface area (Å²) in [6, 6.07) is 4.73. The van der Waals surface area contributed by atoms with Crippen LogP contribution in [0.3, 0.4) is 0 Å². The van der Waals surface area contributed by atoms with Crippen molar-refractivity contribution in [1.29, 1.82) is 0 Å². The molecular weight excluding hydrogens is 249 g/mol. The van der Waals surface area contributed by atoms with Crippen LogP contribution in [0.5, 0.6) is 0 Å². The molecule has 0 bridgehead atoms. The van der Waals surface area contributed by atoms with Crippen LogP contribution in [0.2, 0.25) is 5.02 Å². The van der Waals surface area contributed by atoms with Gasteiger partial charge in [0.15, 0.2) is 0 Å². The van der Waals surface area contributed by atoms with Crippen molar-refractivity contribution in [2.45, 2.75) is 45.6 Å². The van der Waals surface area contributed by atoms with Crippen molar-refractivity contribution in [2.24, 2.45) is 5.92 Å². The number of unbranched alkanes of at least 4 members (excludes halogenated alkanes) is 1. The number of nitrogens with one attached hydrogen (secondary N) is 1. The molecule has 1 aromatic carbocycles. The number of benzene rings is 1. The minimum absolute atomic E-state index is 0.129. The third kappa shape index (κ3) is 3.96. The van der Waals surface area contributed by atoms with Crippen molar-refractivity contribution >= 4 is 11.6 Å². The Balaban J connectivity index is 2.95. The zero-order valence-electron chi connectivity index (χ0n) is 11.5. The molecule has 0 aliphatic rings. The Morgan fingerprint density at radius 2 is 2.06 bits per heavy atom. The fourth-order valence-corrected chi connectivity index (χ4v) is 2.71. The molecule has 0 fully saturated rings. The van der Waals surface area contributed by atoms with Crippen molar-refractivity contribution < 1.29 is 4.39 Å². The van der Waals surface area contributed by atoms with Crippen LogP contribution in [-0.4, -0.2) is 7.05 Å². The van der Waals surface area contributed by atoms with E-state index in [1.165, 1.54) is 18.9 Å². The second-order valence-corrected chi connectivity index (χ2v) is 5.15. The lowest BCUT2D eigenvalue weighted by Gasteiger charge is -2.27. The van der Waals surface area contributed by atoms with Crippen LogP contribution < -0.4 is 5.32 Å². The lowest BCUT2D eigenvalue weighted by Crippen LogP contribution is -2.25. The zero-order chi connectivity index (χ0) is 13.5. The molecular formula is C15H23ClFN. The summed E-state index contributed by atoms with van der Waals surface area (Å²) in [6.45, 7) is 4.37. The van der Waals surface area contributed by atoms with Gasteiger partial charge in [0.2, 0.25) is 0 Å². The highest BCUT2D eigenvalue weighted by Gasteiger charge is 2.22. The van der Waals surface area contributed by atoms with Gasteiger partial charge >= 0.3 is 0 Å². The van der Waals surface area contributed by atoms with Crippen LogP contribution in [0.4, 0.5) is 4.39 Å². The number of halogens is 2. The molecule has 0 aromatic heterocycles. The minimum Gasteiger partial charge on any atom is -0.313 e. The van der Waals surface area contributed by atoms with Crippen LogP contribution in [0.1, 0.15) is 51.1 Å². The van der Waals surface area contributed by atoms with Gasteiger partial charge in [-0.1, -0.05) is 44.7 Å². The summed E-state index contributed by atoms with van der Waals surface area (Å²) < 4.78 is 13.4. The second kappa shape index (κ2) is 7.75. The highest BCUT2D eigenvalue weighted by molar-refractivity contribution is 6.31. The number of hydrogen-bond donors (Lipinski definition) is 1. The van der Waals surface area contributed by atoms with E-state index in [0.29, 0.717) is 10.9 Å². The summed E-state index contributed by atoms with van der Waals surface area (Å²) >= 11 is 6.20. The summed E-state index contributed by atoms with van der Waals surface area (Å²) in [7, 11) is 1.92. The summed E-state index contributed by atoms with van der Waals surface area (Å²) in [5.41, 5.74) is 0.877. The molecule has 0 radical (unpaired) electrons. The third-order valence-electron chi connectivity index (χ3n) is 3.53. The molecule has 1 nitrogen and oxygen atoms in total. The molecule has 0 saturated carbocycles. The maximum absolute atomic E-state index is 13.4. The Labute approximate surface area is 115 Å². The first-order chi connectivity index (χ1) is 8.63. The number of rotatable bonds is 7. The first kappa shape index (κ1) is 15.5. The smallest absolute Gasteiger partial charge is 0.123 e. The average molecular weight is 272 g/mol. The van der Waals surface area contributed by atoms with Crippen molar-refractivity contribution in [1.82, 2.24) is 5.32 Å². The van der Waals surface area contributed by atoms with Gasteiger partial charge in [-0.3, -0.25) is 0 Å². The summed E-state index contributed by atoms with van der Waals surface area (Å²) in [4.78, 5) is 0. The molecule has 3 heteroatoms. The van der Waals surface area contributed by atoms with Crippen molar-refractivity contribution in [3.8, 4) is 0 Å². The monoisotopic (exact) mass is 271 g/mol. The van der Waals surface area contributed by atoms with E-state index in [2.05, 4.69) is 19.2 Å². The Hall–Kier alpha value is -0.600. The highest BCUT2D eigenvalue weighted by Crippen LogP contribution is 2.33. The van der Waals surface area contributed by atoms with Crippen LogP contribution in [-0.2, 0) is 0 Å². The fourth-order valence-electron chi connectivity index (χ4n) is 2.47.